The molecule has 0 aliphatic rings. The first kappa shape index (κ1) is 32.6. The highest BCUT2D eigenvalue weighted by Gasteiger charge is 2.22. The molecule has 0 saturated heterocycles. The van der Waals surface area contributed by atoms with Gasteiger partial charge in [0.2, 0.25) is 5.89 Å². The zero-order valence-corrected chi connectivity index (χ0v) is 32.1. The van der Waals surface area contributed by atoms with Gasteiger partial charge in [-0.1, -0.05) is 149 Å². The van der Waals surface area contributed by atoms with Crippen LogP contribution in [0.5, 0.6) is 0 Å². The van der Waals surface area contributed by atoms with Crippen LogP contribution in [0.15, 0.2) is 205 Å². The molecule has 0 aliphatic carbocycles. The summed E-state index contributed by atoms with van der Waals surface area (Å²) in [6.07, 6.45) is 0. The molecule has 56 heavy (non-hydrogen) atoms. The number of anilines is 3. The van der Waals surface area contributed by atoms with Gasteiger partial charge >= 0.3 is 0 Å². The molecule has 263 valence electrons. The molecule has 0 fully saturated rings. The van der Waals surface area contributed by atoms with Gasteiger partial charge in [-0.15, -0.1) is 11.3 Å². The largest absolute Gasteiger partial charge is 0.435 e. The predicted octanol–water partition coefficient (Wildman–Crippen LogP) is 12.2. The van der Waals surface area contributed by atoms with Gasteiger partial charge in [0.1, 0.15) is 5.52 Å². The van der Waals surface area contributed by atoms with Gasteiger partial charge < -0.3 is 9.32 Å². The zero-order chi connectivity index (χ0) is 37.0. The van der Waals surface area contributed by atoms with Crippen molar-refractivity contribution in [2.45, 2.75) is 0 Å². The SMILES string of the molecule is c1ccc(-c2nc3ccc4ccc5ccc(N(c6ccc([Si](c7ccccc7)c7ccccc7)cc6)c6ccc7sc8ccccc8c7c6)cc5c4c3o2)cc1. The Hall–Kier alpha value is -6.79. The van der Waals surface area contributed by atoms with Crippen molar-refractivity contribution < 1.29 is 4.42 Å². The van der Waals surface area contributed by atoms with Crippen molar-refractivity contribution in [3.8, 4) is 11.5 Å². The van der Waals surface area contributed by atoms with E-state index in [-0.39, 0.29) is 0 Å². The highest BCUT2D eigenvalue weighted by atomic mass is 32.1. The summed E-state index contributed by atoms with van der Waals surface area (Å²) in [6.45, 7) is 0. The number of hydrogen-bond acceptors (Lipinski definition) is 4. The molecule has 1 radical (unpaired) electrons. The molecule has 5 heteroatoms. The minimum Gasteiger partial charge on any atom is -0.435 e. The van der Waals surface area contributed by atoms with Gasteiger partial charge in [0.15, 0.2) is 14.4 Å². The van der Waals surface area contributed by atoms with Crippen molar-refractivity contribution in [3.05, 3.63) is 200 Å². The van der Waals surface area contributed by atoms with Crippen LogP contribution in [0.2, 0.25) is 0 Å². The average molecular weight is 750 g/mol. The summed E-state index contributed by atoms with van der Waals surface area (Å²) in [5, 5.41) is 11.1. The summed E-state index contributed by atoms with van der Waals surface area (Å²) >= 11 is 1.85. The first-order valence-electron chi connectivity index (χ1n) is 18.9. The Balaban J connectivity index is 1.11. The number of nitrogens with zero attached hydrogens (tertiary/aromatic N) is 2. The Morgan fingerprint density at radius 3 is 1.75 bits per heavy atom. The van der Waals surface area contributed by atoms with E-state index in [1.807, 2.05) is 41.7 Å². The number of rotatable bonds is 7. The van der Waals surface area contributed by atoms with Gasteiger partial charge in [0.05, 0.1) is 0 Å². The van der Waals surface area contributed by atoms with Crippen LogP contribution >= 0.6 is 11.3 Å². The average Bonchev–Trinajstić information content (AvgIpc) is 3.87. The predicted molar refractivity (Wildman–Crippen MR) is 240 cm³/mol. The molecule has 9 aromatic carbocycles. The third-order valence-corrected chi connectivity index (χ3v) is 14.7. The van der Waals surface area contributed by atoms with Gasteiger partial charge in [-0.05, 0) is 82.9 Å². The van der Waals surface area contributed by atoms with Crippen molar-refractivity contribution in [2.75, 3.05) is 4.90 Å². The minimum atomic E-state index is -1.22. The van der Waals surface area contributed by atoms with E-state index in [0.29, 0.717) is 5.89 Å². The Kier molecular flexibility index (Phi) is 7.86. The number of thiophene rings is 1. The van der Waals surface area contributed by atoms with Crippen LogP contribution < -0.4 is 20.5 Å². The fourth-order valence-electron chi connectivity index (χ4n) is 8.14. The number of fused-ring (bicyclic) bond motifs is 8. The maximum absolute atomic E-state index is 6.61. The van der Waals surface area contributed by atoms with Crippen LogP contribution in [0.1, 0.15) is 0 Å². The molecule has 3 nitrogen and oxygen atoms in total. The molecular formula is C51H33N2OSSi. The van der Waals surface area contributed by atoms with E-state index >= 15 is 0 Å². The first-order valence-corrected chi connectivity index (χ1v) is 21.2. The third-order valence-electron chi connectivity index (χ3n) is 10.8. The minimum absolute atomic E-state index is 0.631. The lowest BCUT2D eigenvalue weighted by atomic mass is 10.00. The maximum atomic E-state index is 6.61. The van der Waals surface area contributed by atoms with Crippen LogP contribution in [0.4, 0.5) is 17.1 Å². The maximum Gasteiger partial charge on any atom is 0.227 e. The molecule has 0 spiro atoms. The second-order valence-electron chi connectivity index (χ2n) is 14.1. The van der Waals surface area contributed by atoms with E-state index in [0.717, 1.165) is 55.3 Å². The van der Waals surface area contributed by atoms with E-state index < -0.39 is 8.80 Å². The molecule has 11 aromatic rings. The normalized spacial score (nSPS) is 11.7. The topological polar surface area (TPSA) is 29.3 Å². The number of aromatic nitrogens is 1. The van der Waals surface area contributed by atoms with Crippen LogP contribution in [0.3, 0.4) is 0 Å². The lowest BCUT2D eigenvalue weighted by Crippen LogP contribution is -2.51. The molecule has 0 bridgehead atoms. The van der Waals surface area contributed by atoms with E-state index in [1.165, 1.54) is 35.7 Å². The summed E-state index contributed by atoms with van der Waals surface area (Å²) in [5.74, 6) is 0.631. The molecule has 2 heterocycles. The Morgan fingerprint density at radius 2 is 1.00 bits per heavy atom. The fourth-order valence-corrected chi connectivity index (χ4v) is 11.8. The summed E-state index contributed by atoms with van der Waals surface area (Å²) in [4.78, 5) is 7.34. The Morgan fingerprint density at radius 1 is 0.446 bits per heavy atom. The monoisotopic (exact) mass is 749 g/mol. The molecule has 0 N–H and O–H groups in total. The lowest BCUT2D eigenvalue weighted by Gasteiger charge is -2.27. The first-order chi connectivity index (χ1) is 27.7. The number of hydrogen-bond donors (Lipinski definition) is 0. The summed E-state index contributed by atoms with van der Waals surface area (Å²) in [7, 11) is -1.22. The summed E-state index contributed by atoms with van der Waals surface area (Å²) in [5.41, 5.74) is 5.92. The van der Waals surface area contributed by atoms with Crippen LogP contribution in [-0.2, 0) is 0 Å². The molecule has 0 amide bonds. The molecule has 0 unspecified atom stereocenters. The number of oxazole rings is 1. The molecule has 2 aromatic heterocycles. The van der Waals surface area contributed by atoms with E-state index in [9.17, 15) is 0 Å². The second kappa shape index (κ2) is 13.5. The van der Waals surface area contributed by atoms with Gasteiger partial charge in [0, 0.05) is 48.2 Å². The second-order valence-corrected chi connectivity index (χ2v) is 17.7. The molecule has 0 saturated carbocycles. The van der Waals surface area contributed by atoms with Gasteiger partial charge in [0.25, 0.3) is 0 Å². The summed E-state index contributed by atoms with van der Waals surface area (Å²) < 4.78 is 9.20. The van der Waals surface area contributed by atoms with Crippen LogP contribution in [-0.4, -0.2) is 13.8 Å². The van der Waals surface area contributed by atoms with Crippen LogP contribution in [0.25, 0.3) is 64.3 Å². The van der Waals surface area contributed by atoms with Crippen LogP contribution in [0, 0.1) is 0 Å². The molecule has 0 aliphatic heterocycles. The van der Waals surface area contributed by atoms with Crippen molar-refractivity contribution >= 4 is 106 Å². The smallest absolute Gasteiger partial charge is 0.227 e. The zero-order valence-electron chi connectivity index (χ0n) is 30.3. The van der Waals surface area contributed by atoms with Crippen molar-refractivity contribution in [3.63, 3.8) is 0 Å². The lowest BCUT2D eigenvalue weighted by molar-refractivity contribution is 0.623. The number of benzene rings is 9. The standard InChI is InChI=1S/C51H33N2OSSi/c1-4-12-36(13-5-1)51-52-46-30-23-35-21-20-34-22-24-38(32-44(34)49(35)50(46)54-51)53(39-27-31-48-45(33-39)43-18-10-11-19-47(43)55-48)37-25-28-42(29-26-37)56(40-14-6-2-7-15-40)41-16-8-3-9-17-41/h1-33H. The van der Waals surface area contributed by atoms with E-state index in [2.05, 4.69) is 175 Å². The molecule has 11 rings (SSSR count). The third kappa shape index (κ3) is 5.60. The van der Waals surface area contributed by atoms with E-state index in [1.54, 1.807) is 0 Å². The van der Waals surface area contributed by atoms with Crippen molar-refractivity contribution in [1.29, 1.82) is 0 Å². The Bertz CT molecular complexity index is 3160. The summed E-state index contributed by atoms with van der Waals surface area (Å²) in [6, 6.07) is 72.4. The Labute approximate surface area is 330 Å². The van der Waals surface area contributed by atoms with E-state index in [4.69, 9.17) is 9.40 Å². The van der Waals surface area contributed by atoms with Crippen molar-refractivity contribution in [1.82, 2.24) is 4.98 Å². The highest BCUT2D eigenvalue weighted by Crippen LogP contribution is 2.42. The van der Waals surface area contributed by atoms with Crippen molar-refractivity contribution in [2.24, 2.45) is 0 Å². The molecule has 0 atom stereocenters. The van der Waals surface area contributed by atoms with Gasteiger partial charge in [-0.2, -0.15) is 0 Å². The van der Waals surface area contributed by atoms with Gasteiger partial charge in [-0.3, -0.25) is 0 Å². The quantitative estimate of drug-likeness (QED) is 0.0923. The fraction of sp³-hybridized carbons (Fsp3) is 0. The van der Waals surface area contributed by atoms with Gasteiger partial charge in [-0.25, -0.2) is 4.98 Å². The highest BCUT2D eigenvalue weighted by molar-refractivity contribution is 7.25. The molecular weight excluding hydrogens is 717 g/mol.